The normalized spacial score (nSPS) is 15.2. The molecule has 16 nitrogen and oxygen atoms in total. The Balaban J connectivity index is 1.06. The molecule has 7 rings (SSSR count). The van der Waals surface area contributed by atoms with Crippen LogP contribution in [-0.2, 0) is 32.2 Å². The molecule has 1 atom stereocenters. The molecule has 2 saturated carbocycles. The Labute approximate surface area is 339 Å². The van der Waals surface area contributed by atoms with E-state index in [1.165, 1.54) is 14.2 Å². The van der Waals surface area contributed by atoms with Crippen molar-refractivity contribution < 1.29 is 28.7 Å². The van der Waals surface area contributed by atoms with Crippen LogP contribution in [0.25, 0.3) is 44.7 Å². The third kappa shape index (κ3) is 8.20. The lowest BCUT2D eigenvalue weighted by atomic mass is 9.99. The van der Waals surface area contributed by atoms with E-state index in [4.69, 9.17) is 9.47 Å². The lowest BCUT2D eigenvalue weighted by Crippen LogP contribution is -2.52. The largest absolute Gasteiger partial charge is 0.453 e. The maximum atomic E-state index is 13.7. The minimum Gasteiger partial charge on any atom is -0.453 e. The van der Waals surface area contributed by atoms with Gasteiger partial charge in [0.05, 0.1) is 62.8 Å². The molecule has 2 fully saturated rings. The second-order valence-corrected chi connectivity index (χ2v) is 15.2. The molecule has 17 heteroatoms. The number of nitrogens with zero attached hydrogens (tertiary/aromatic N) is 6. The van der Waals surface area contributed by atoms with Gasteiger partial charge >= 0.3 is 12.2 Å². The number of aromatic nitrogens is 6. The predicted octanol–water partition coefficient (Wildman–Crippen LogP) is 6.11. The van der Waals surface area contributed by atoms with E-state index in [2.05, 4.69) is 52.5 Å². The molecular weight excluding hydrogens is 761 g/mol. The van der Waals surface area contributed by atoms with Gasteiger partial charge in [-0.2, -0.15) is 8.75 Å². The maximum absolute atomic E-state index is 13.7. The molecule has 2 aliphatic rings. The third-order valence-electron chi connectivity index (χ3n) is 10.7. The minimum atomic E-state index is -0.966. The number of hydrogen-bond acceptors (Lipinski definition) is 11. The smallest absolute Gasteiger partial charge is 0.407 e. The Hall–Kier alpha value is -6.36. The zero-order valence-electron chi connectivity index (χ0n) is 32.7. The molecule has 302 valence electrons. The Morgan fingerprint density at radius 3 is 1.95 bits per heavy atom. The fourth-order valence-electron chi connectivity index (χ4n) is 7.06. The number of rotatable bonds is 17. The second-order valence-electron chi connectivity index (χ2n) is 14.7. The van der Waals surface area contributed by atoms with Crippen LogP contribution in [-0.4, -0.2) is 100 Å². The maximum Gasteiger partial charge on any atom is 0.407 e. The van der Waals surface area contributed by atoms with Crippen LogP contribution in [0.3, 0.4) is 0 Å². The van der Waals surface area contributed by atoms with Crippen molar-refractivity contribution in [3.05, 3.63) is 85.8 Å². The molecule has 3 heterocycles. The summed E-state index contributed by atoms with van der Waals surface area (Å²) in [5, 5.41) is 5.44. The molecule has 0 unspecified atom stereocenters. The van der Waals surface area contributed by atoms with Crippen LogP contribution < -0.4 is 10.6 Å². The average Bonchev–Trinajstić information content (AvgIpc) is 3.95. The van der Waals surface area contributed by atoms with Gasteiger partial charge in [0.15, 0.2) is 0 Å². The SMILES string of the molecule is C=CCCN(Cc1ncc(-c2ccc(-c3ccc(-c4cnc(CN(C(=O)C5(NC(=O)OC)CC5)[C@@H](C)CC=C)[nH]4)cc3)c3nsnc23)[nH]1)C(=O)C1(NC(=O)OC)CC1. The number of imidazole rings is 2. The molecule has 0 saturated heterocycles. The van der Waals surface area contributed by atoms with Gasteiger partial charge in [0.1, 0.15) is 33.8 Å². The number of alkyl carbamates (subject to hydrolysis) is 2. The van der Waals surface area contributed by atoms with Crippen LogP contribution in [0.4, 0.5) is 9.59 Å². The summed E-state index contributed by atoms with van der Waals surface area (Å²) in [5.41, 5.74) is 4.67. The van der Waals surface area contributed by atoms with E-state index in [0.29, 0.717) is 56.7 Å². The van der Waals surface area contributed by atoms with Gasteiger partial charge in [0.2, 0.25) is 11.8 Å². The van der Waals surface area contributed by atoms with Crippen LogP contribution in [0.5, 0.6) is 0 Å². The summed E-state index contributed by atoms with van der Waals surface area (Å²) in [5.74, 6) is 0.847. The zero-order chi connectivity index (χ0) is 41.0. The number of nitrogens with one attached hydrogen (secondary N) is 4. The van der Waals surface area contributed by atoms with E-state index >= 15 is 0 Å². The number of H-pyrrole nitrogens is 2. The average molecular weight is 807 g/mol. The topological polar surface area (TPSA) is 200 Å². The highest BCUT2D eigenvalue weighted by atomic mass is 32.1. The van der Waals surface area contributed by atoms with E-state index in [1.807, 2.05) is 43.3 Å². The van der Waals surface area contributed by atoms with E-state index in [0.717, 1.165) is 56.4 Å². The van der Waals surface area contributed by atoms with Gasteiger partial charge in [0, 0.05) is 23.7 Å². The van der Waals surface area contributed by atoms with Crippen molar-refractivity contribution in [3.63, 3.8) is 0 Å². The summed E-state index contributed by atoms with van der Waals surface area (Å²) >= 11 is 1.13. The summed E-state index contributed by atoms with van der Waals surface area (Å²) in [4.78, 5) is 70.6. The van der Waals surface area contributed by atoms with Crippen LogP contribution in [0.2, 0.25) is 0 Å². The monoisotopic (exact) mass is 806 g/mol. The first-order chi connectivity index (χ1) is 28.0. The standard InChI is InChI=1S/C41H46N10O6S/c1-6-8-20-50(36(52)40(16-17-40)46-38(54)56-4)23-32-43-22-31(45-32)29-15-14-28(34-35(29)49-58-48-34)26-10-12-27(13-11-26)30-21-42-33(44-30)24-51(25(3)9-7-2)37(53)41(18-19-41)47-39(55)57-5/h6-7,10-15,21-22,25H,1-2,8-9,16-20,23-24H2,3-5H3,(H,42,44)(H,43,45)(H,46,54)(H,47,55)/t25-/m0/s1. The highest BCUT2D eigenvalue weighted by Gasteiger charge is 2.54. The number of hydrogen-bond donors (Lipinski definition) is 4. The summed E-state index contributed by atoms with van der Waals surface area (Å²) < 4.78 is 18.8. The van der Waals surface area contributed by atoms with Crippen molar-refractivity contribution in [1.82, 2.24) is 49.1 Å². The van der Waals surface area contributed by atoms with Crippen LogP contribution in [0.1, 0.15) is 57.1 Å². The molecule has 0 spiro atoms. The Kier molecular flexibility index (Phi) is 11.4. The van der Waals surface area contributed by atoms with E-state index in [1.54, 1.807) is 34.3 Å². The van der Waals surface area contributed by atoms with Crippen molar-refractivity contribution in [1.29, 1.82) is 0 Å². The van der Waals surface area contributed by atoms with Crippen molar-refractivity contribution in [2.45, 2.75) is 75.7 Å². The molecule has 0 bridgehead atoms. The summed E-state index contributed by atoms with van der Waals surface area (Å²) in [6, 6.07) is 11.9. The molecule has 0 radical (unpaired) electrons. The summed E-state index contributed by atoms with van der Waals surface area (Å²) in [6.45, 7) is 10.5. The summed E-state index contributed by atoms with van der Waals surface area (Å²) in [6.07, 6.45) is 9.07. The number of carbonyl (C=O) groups excluding carboxylic acids is 4. The summed E-state index contributed by atoms with van der Waals surface area (Å²) in [7, 11) is 2.56. The van der Waals surface area contributed by atoms with Crippen LogP contribution in [0, 0.1) is 0 Å². The number of benzene rings is 2. The predicted molar refractivity (Wildman–Crippen MR) is 218 cm³/mol. The molecule has 4 amide bonds. The highest BCUT2D eigenvalue weighted by molar-refractivity contribution is 7.00. The lowest BCUT2D eigenvalue weighted by molar-refractivity contribution is -0.137. The Morgan fingerprint density at radius 2 is 1.34 bits per heavy atom. The molecule has 5 aromatic rings. The first-order valence-corrected chi connectivity index (χ1v) is 19.8. The fourth-order valence-corrected chi connectivity index (χ4v) is 7.63. The molecule has 3 aromatic heterocycles. The van der Waals surface area contributed by atoms with E-state index in [-0.39, 0.29) is 30.9 Å². The number of ether oxygens (including phenoxy) is 2. The quantitative estimate of drug-likeness (QED) is 0.0795. The number of aromatic amines is 2. The van der Waals surface area contributed by atoms with E-state index in [9.17, 15) is 19.2 Å². The highest BCUT2D eigenvalue weighted by Crippen LogP contribution is 2.40. The molecule has 58 heavy (non-hydrogen) atoms. The zero-order valence-corrected chi connectivity index (χ0v) is 33.5. The van der Waals surface area contributed by atoms with Crippen molar-refractivity contribution in [3.8, 4) is 33.6 Å². The number of fused-ring (bicyclic) bond motifs is 1. The van der Waals surface area contributed by atoms with E-state index < -0.39 is 23.3 Å². The fraction of sp³-hybridized carbons (Fsp3) is 0.366. The number of amides is 4. The molecular formula is C41H46N10O6S. The first-order valence-electron chi connectivity index (χ1n) is 19.0. The lowest BCUT2D eigenvalue weighted by Gasteiger charge is -2.31. The van der Waals surface area contributed by atoms with Crippen LogP contribution >= 0.6 is 11.7 Å². The number of methoxy groups -OCH3 is 2. The van der Waals surface area contributed by atoms with Gasteiger partial charge < -0.3 is 39.9 Å². The minimum absolute atomic E-state index is 0.167. The second kappa shape index (κ2) is 16.6. The third-order valence-corrected chi connectivity index (χ3v) is 11.2. The van der Waals surface area contributed by atoms with Gasteiger partial charge in [-0.3, -0.25) is 9.59 Å². The van der Waals surface area contributed by atoms with Crippen LogP contribution in [0.15, 0.2) is 74.1 Å². The van der Waals surface area contributed by atoms with Gasteiger partial charge in [-0.05, 0) is 62.6 Å². The van der Waals surface area contributed by atoms with Crippen molar-refractivity contribution in [2.75, 3.05) is 20.8 Å². The number of carbonyl (C=O) groups is 4. The van der Waals surface area contributed by atoms with Crippen molar-refractivity contribution in [2.24, 2.45) is 0 Å². The Bertz CT molecular complexity index is 2340. The molecule has 2 aliphatic carbocycles. The molecule has 4 N–H and O–H groups in total. The van der Waals surface area contributed by atoms with Gasteiger partial charge in [-0.25, -0.2) is 19.6 Å². The first kappa shape index (κ1) is 39.9. The van der Waals surface area contributed by atoms with Gasteiger partial charge in [-0.1, -0.05) is 42.5 Å². The molecule has 2 aromatic carbocycles. The van der Waals surface area contributed by atoms with Gasteiger partial charge in [0.25, 0.3) is 0 Å². The molecule has 0 aliphatic heterocycles. The van der Waals surface area contributed by atoms with Gasteiger partial charge in [-0.15, -0.1) is 13.2 Å². The van der Waals surface area contributed by atoms with Crippen molar-refractivity contribution >= 4 is 46.8 Å². The Morgan fingerprint density at radius 1 is 0.793 bits per heavy atom.